The van der Waals surface area contributed by atoms with Gasteiger partial charge in [-0.05, 0) is 33.7 Å². The Hall–Kier alpha value is -0.700. The zero-order valence-corrected chi connectivity index (χ0v) is 15.1. The normalized spacial score (nSPS) is 9.20. The van der Waals surface area contributed by atoms with Gasteiger partial charge in [0.15, 0.2) is 0 Å². The summed E-state index contributed by atoms with van der Waals surface area (Å²) in [5.41, 5.74) is 5.69. The molecular formula is C12H19N3OS4. The molecule has 1 aromatic carbocycles. The van der Waals surface area contributed by atoms with Gasteiger partial charge in [0, 0.05) is 28.2 Å². The topological polar surface area (TPSA) is 52.7 Å². The van der Waals surface area contributed by atoms with Crippen molar-refractivity contribution in [2.24, 2.45) is 0 Å². The quantitative estimate of drug-likeness (QED) is 0.321. The van der Waals surface area contributed by atoms with Crippen molar-refractivity contribution < 1.29 is 5.11 Å². The van der Waals surface area contributed by atoms with Crippen molar-refractivity contribution in [3.8, 4) is 5.75 Å². The molecule has 0 bridgehead atoms. The van der Waals surface area contributed by atoms with E-state index >= 15 is 0 Å². The Bertz CT molecular complexity index is 411. The minimum Gasteiger partial charge on any atom is -0.506 e. The molecule has 1 aromatic rings. The summed E-state index contributed by atoms with van der Waals surface area (Å²) in [4.78, 5) is 3.79. The highest BCUT2D eigenvalue weighted by Gasteiger charge is 2.04. The number of rotatable bonds is 0. The summed E-state index contributed by atoms with van der Waals surface area (Å²) in [6, 6.07) is 6.70. The lowest BCUT2D eigenvalue weighted by molar-refractivity contribution is 0.478. The zero-order valence-electron chi connectivity index (χ0n) is 11.9. The molecule has 0 atom stereocenters. The van der Waals surface area contributed by atoms with E-state index in [1.807, 2.05) is 38.0 Å². The van der Waals surface area contributed by atoms with E-state index in [2.05, 4.69) is 0 Å². The van der Waals surface area contributed by atoms with Gasteiger partial charge in [0.1, 0.15) is 14.4 Å². The Morgan fingerprint density at radius 2 is 1.40 bits per heavy atom. The van der Waals surface area contributed by atoms with Crippen molar-refractivity contribution in [2.75, 3.05) is 33.9 Å². The summed E-state index contributed by atoms with van der Waals surface area (Å²) in [7, 11) is 10.7. The second-order valence-electron chi connectivity index (χ2n) is 4.05. The molecule has 0 fully saturated rings. The van der Waals surface area contributed by atoms with Gasteiger partial charge in [0.05, 0.1) is 5.69 Å². The van der Waals surface area contributed by atoms with Crippen LogP contribution in [-0.2, 0) is 0 Å². The summed E-state index contributed by atoms with van der Waals surface area (Å²) in [6.45, 7) is 0. The van der Waals surface area contributed by atoms with E-state index in [0.29, 0.717) is 5.69 Å². The van der Waals surface area contributed by atoms with Crippen LogP contribution in [0.4, 0.5) is 5.69 Å². The molecule has 0 aliphatic carbocycles. The second kappa shape index (κ2) is 10.1. The van der Waals surface area contributed by atoms with Gasteiger partial charge >= 0.3 is 0 Å². The molecule has 20 heavy (non-hydrogen) atoms. The predicted molar refractivity (Wildman–Crippen MR) is 100 cm³/mol. The number of nitrogens with zero attached hydrogens (tertiary/aromatic N) is 2. The third kappa shape index (κ3) is 8.47. The van der Waals surface area contributed by atoms with E-state index in [9.17, 15) is 0 Å². The molecule has 0 aliphatic rings. The van der Waals surface area contributed by atoms with Gasteiger partial charge in [-0.3, -0.25) is 0 Å². The average molecular weight is 350 g/mol. The lowest BCUT2D eigenvalue weighted by atomic mass is 10.3. The fourth-order valence-electron chi connectivity index (χ4n) is 0.708. The minimum atomic E-state index is 0.146. The van der Waals surface area contributed by atoms with Crippen molar-refractivity contribution in [1.82, 2.24) is 9.80 Å². The summed E-state index contributed by atoms with van der Waals surface area (Å²) >= 11 is 10.1. The van der Waals surface area contributed by atoms with Gasteiger partial charge in [0.25, 0.3) is 0 Å². The first kappa shape index (κ1) is 19.3. The molecule has 0 saturated heterocycles. The first-order valence-electron chi connectivity index (χ1n) is 5.56. The van der Waals surface area contributed by atoms with E-state index in [0.717, 1.165) is 8.64 Å². The standard InChI is InChI=1S/C6H12N2S4.C6H7NO/c1-7(2)5(9)11-12-6(10)8(3)4;7-5-3-1-2-4-6(5)8/h1-4H3;1-4,8H,7H2. The lowest BCUT2D eigenvalue weighted by Crippen LogP contribution is -2.18. The molecule has 3 N–H and O–H groups in total. The van der Waals surface area contributed by atoms with Crippen molar-refractivity contribution in [2.45, 2.75) is 0 Å². The first-order valence-corrected chi connectivity index (χ1v) is 8.53. The van der Waals surface area contributed by atoms with Crippen molar-refractivity contribution in [3.63, 3.8) is 0 Å². The largest absolute Gasteiger partial charge is 0.506 e. The van der Waals surface area contributed by atoms with Gasteiger partial charge in [-0.2, -0.15) is 0 Å². The summed E-state index contributed by atoms with van der Waals surface area (Å²) in [5, 5.41) is 8.79. The number of para-hydroxylation sites is 2. The van der Waals surface area contributed by atoms with Crippen LogP contribution < -0.4 is 5.73 Å². The van der Waals surface area contributed by atoms with E-state index in [1.54, 1.807) is 24.3 Å². The zero-order chi connectivity index (χ0) is 15.7. The Morgan fingerprint density at radius 1 is 1.00 bits per heavy atom. The lowest BCUT2D eigenvalue weighted by Gasteiger charge is -2.15. The summed E-state index contributed by atoms with van der Waals surface area (Å²) in [5.74, 6) is 0.146. The highest BCUT2D eigenvalue weighted by Crippen LogP contribution is 2.26. The Kier molecular flexibility index (Phi) is 9.74. The van der Waals surface area contributed by atoms with E-state index in [1.165, 1.54) is 21.6 Å². The molecule has 0 spiro atoms. The number of anilines is 1. The maximum absolute atomic E-state index is 8.79. The van der Waals surface area contributed by atoms with Gasteiger partial charge in [-0.25, -0.2) is 0 Å². The molecule has 0 aromatic heterocycles. The van der Waals surface area contributed by atoms with Crippen LogP contribution in [0.3, 0.4) is 0 Å². The van der Waals surface area contributed by atoms with E-state index in [-0.39, 0.29) is 5.75 Å². The molecule has 0 unspecified atom stereocenters. The number of phenols is 1. The van der Waals surface area contributed by atoms with Crippen LogP contribution in [-0.4, -0.2) is 51.7 Å². The molecule has 112 valence electrons. The predicted octanol–water partition coefficient (Wildman–Crippen LogP) is 3.04. The number of hydrogen-bond acceptors (Lipinski definition) is 6. The van der Waals surface area contributed by atoms with E-state index in [4.69, 9.17) is 35.3 Å². The Labute approximate surface area is 139 Å². The molecular weight excluding hydrogens is 330 g/mol. The van der Waals surface area contributed by atoms with Gasteiger partial charge < -0.3 is 20.6 Å². The SMILES string of the molecule is CN(C)C(=S)SSC(=S)N(C)C.Nc1ccccc1O. The number of thiocarbonyl (C=S) groups is 2. The number of nitrogens with two attached hydrogens (primary N) is 1. The maximum atomic E-state index is 8.79. The van der Waals surface area contributed by atoms with Gasteiger partial charge in [0.2, 0.25) is 0 Å². The summed E-state index contributed by atoms with van der Waals surface area (Å²) in [6.07, 6.45) is 0. The fourth-order valence-corrected chi connectivity index (χ4v) is 3.08. The molecule has 4 nitrogen and oxygen atoms in total. The highest BCUT2D eigenvalue weighted by molar-refractivity contribution is 8.89. The second-order valence-corrected chi connectivity index (χ2v) is 7.44. The van der Waals surface area contributed by atoms with Crippen LogP contribution in [0.1, 0.15) is 0 Å². The van der Waals surface area contributed by atoms with Gasteiger partial charge in [-0.1, -0.05) is 36.6 Å². The number of aromatic hydroxyl groups is 1. The van der Waals surface area contributed by atoms with Crippen LogP contribution in [0, 0.1) is 0 Å². The van der Waals surface area contributed by atoms with Crippen LogP contribution in [0.5, 0.6) is 5.75 Å². The number of hydrogen-bond donors (Lipinski definition) is 2. The van der Waals surface area contributed by atoms with Crippen LogP contribution in [0.25, 0.3) is 0 Å². The molecule has 1 rings (SSSR count). The Balaban J connectivity index is 0.000000388. The van der Waals surface area contributed by atoms with Crippen LogP contribution in [0.15, 0.2) is 24.3 Å². The van der Waals surface area contributed by atoms with Crippen LogP contribution >= 0.6 is 46.0 Å². The third-order valence-electron chi connectivity index (χ3n) is 1.85. The smallest absolute Gasteiger partial charge is 0.146 e. The minimum absolute atomic E-state index is 0.146. The molecule has 8 heteroatoms. The van der Waals surface area contributed by atoms with Crippen molar-refractivity contribution in [3.05, 3.63) is 24.3 Å². The van der Waals surface area contributed by atoms with Crippen molar-refractivity contribution >= 4 is 60.4 Å². The first-order chi connectivity index (χ1) is 9.25. The number of nitrogen functional groups attached to an aromatic ring is 1. The molecule has 0 radical (unpaired) electrons. The number of phenolic OH excluding ortho intramolecular Hbond substituents is 1. The monoisotopic (exact) mass is 349 g/mol. The van der Waals surface area contributed by atoms with E-state index < -0.39 is 0 Å². The summed E-state index contributed by atoms with van der Waals surface area (Å²) < 4.78 is 1.67. The molecule has 0 heterocycles. The maximum Gasteiger partial charge on any atom is 0.146 e. The molecule has 0 aliphatic heterocycles. The fraction of sp³-hybridized carbons (Fsp3) is 0.333. The van der Waals surface area contributed by atoms with Crippen molar-refractivity contribution in [1.29, 1.82) is 0 Å². The average Bonchev–Trinajstić information content (AvgIpc) is 2.39. The van der Waals surface area contributed by atoms with Gasteiger partial charge in [-0.15, -0.1) is 0 Å². The molecule has 0 saturated carbocycles. The third-order valence-corrected chi connectivity index (χ3v) is 6.01. The highest BCUT2D eigenvalue weighted by atomic mass is 33.1. The molecule has 0 amide bonds. The number of benzene rings is 1. The van der Waals surface area contributed by atoms with Crippen LogP contribution in [0.2, 0.25) is 0 Å². The Morgan fingerprint density at radius 3 is 1.65 bits per heavy atom.